The van der Waals surface area contributed by atoms with E-state index in [0.29, 0.717) is 18.5 Å². The summed E-state index contributed by atoms with van der Waals surface area (Å²) in [5.41, 5.74) is 12.3. The van der Waals surface area contributed by atoms with Crippen LogP contribution in [0.3, 0.4) is 0 Å². The maximum Gasteiger partial charge on any atom is 0.123 e. The Bertz CT molecular complexity index is 934. The predicted molar refractivity (Wildman–Crippen MR) is 98.0 cm³/mol. The Kier molecular flexibility index (Phi) is 3.85. The summed E-state index contributed by atoms with van der Waals surface area (Å²) in [4.78, 5) is 0. The third-order valence-electron chi connectivity index (χ3n) is 4.60. The van der Waals surface area contributed by atoms with Crippen molar-refractivity contribution in [1.82, 2.24) is 0 Å². The molecule has 0 aliphatic heterocycles. The van der Waals surface area contributed by atoms with Gasteiger partial charge in [-0.25, -0.2) is 8.78 Å². The van der Waals surface area contributed by atoms with E-state index in [-0.39, 0.29) is 11.6 Å². The van der Waals surface area contributed by atoms with Crippen molar-refractivity contribution in [3.05, 3.63) is 100 Å². The van der Waals surface area contributed by atoms with E-state index < -0.39 is 0 Å². The van der Waals surface area contributed by atoms with Crippen molar-refractivity contribution in [1.29, 1.82) is 0 Å². The van der Waals surface area contributed by atoms with Gasteiger partial charge in [-0.15, -0.1) is 0 Å². The van der Waals surface area contributed by atoms with Crippen LogP contribution in [0, 0.1) is 11.6 Å². The van der Waals surface area contributed by atoms with Gasteiger partial charge in [-0.2, -0.15) is 0 Å². The minimum atomic E-state index is -0.251. The highest BCUT2D eigenvalue weighted by molar-refractivity contribution is 5.94. The van der Waals surface area contributed by atoms with Gasteiger partial charge in [-0.05, 0) is 88.7 Å². The van der Waals surface area contributed by atoms with Crippen molar-refractivity contribution in [2.24, 2.45) is 0 Å². The Balaban J connectivity index is 1.97. The normalized spacial score (nSPS) is 13.0. The molecule has 0 spiro atoms. The predicted octanol–water partition coefficient (Wildman–Crippen LogP) is 5.23. The second-order valence-electron chi connectivity index (χ2n) is 6.33. The molecule has 0 amide bonds. The van der Waals surface area contributed by atoms with Crippen molar-refractivity contribution in [2.75, 3.05) is 5.73 Å². The maximum absolute atomic E-state index is 13.7. The lowest BCUT2D eigenvalue weighted by Gasteiger charge is -2.12. The van der Waals surface area contributed by atoms with Crippen molar-refractivity contribution in [3.8, 4) is 0 Å². The first-order valence-electron chi connectivity index (χ1n) is 8.25. The Hall–Kier alpha value is -2.94. The number of nitrogens with two attached hydrogens (primary N) is 1. The van der Waals surface area contributed by atoms with E-state index >= 15 is 0 Å². The number of benzene rings is 3. The third kappa shape index (κ3) is 3.05. The lowest BCUT2D eigenvalue weighted by molar-refractivity contribution is 0.623. The minimum Gasteiger partial charge on any atom is -0.399 e. The summed E-state index contributed by atoms with van der Waals surface area (Å²) in [7, 11) is 0. The summed E-state index contributed by atoms with van der Waals surface area (Å²) in [6, 6.07) is 17.3. The number of fused-ring (bicyclic) bond motifs is 2. The molecule has 3 heteroatoms. The second-order valence-corrected chi connectivity index (χ2v) is 6.33. The number of hydrogen-bond donors (Lipinski definition) is 1. The molecule has 3 aromatic carbocycles. The van der Waals surface area contributed by atoms with Crippen molar-refractivity contribution < 1.29 is 8.78 Å². The molecular weight excluding hydrogens is 316 g/mol. The number of halogens is 2. The highest BCUT2D eigenvalue weighted by atomic mass is 19.1. The Labute approximate surface area is 145 Å². The van der Waals surface area contributed by atoms with Gasteiger partial charge < -0.3 is 5.73 Å². The molecule has 1 nitrogen and oxygen atoms in total. The van der Waals surface area contributed by atoms with Crippen LogP contribution in [0.15, 0.2) is 60.7 Å². The highest BCUT2D eigenvalue weighted by Crippen LogP contribution is 2.35. The van der Waals surface area contributed by atoms with Gasteiger partial charge in [-0.3, -0.25) is 0 Å². The summed E-state index contributed by atoms with van der Waals surface area (Å²) in [6.45, 7) is 0. The quantitative estimate of drug-likeness (QED) is 0.606. The molecule has 0 radical (unpaired) electrons. The molecule has 0 aromatic heterocycles. The van der Waals surface area contributed by atoms with Crippen LogP contribution in [0.4, 0.5) is 14.5 Å². The van der Waals surface area contributed by atoms with Gasteiger partial charge >= 0.3 is 0 Å². The largest absolute Gasteiger partial charge is 0.399 e. The molecule has 1 aliphatic carbocycles. The van der Waals surface area contributed by atoms with E-state index in [0.717, 1.165) is 33.4 Å². The Morgan fingerprint density at radius 2 is 1.36 bits per heavy atom. The zero-order chi connectivity index (χ0) is 17.4. The van der Waals surface area contributed by atoms with Crippen LogP contribution < -0.4 is 5.73 Å². The van der Waals surface area contributed by atoms with Gasteiger partial charge in [0, 0.05) is 5.69 Å². The van der Waals surface area contributed by atoms with E-state index in [9.17, 15) is 8.78 Å². The smallest absolute Gasteiger partial charge is 0.123 e. The minimum absolute atomic E-state index is 0.251. The van der Waals surface area contributed by atoms with Crippen LogP contribution in [0.25, 0.3) is 11.6 Å². The summed E-state index contributed by atoms with van der Waals surface area (Å²) in [6.07, 6.45) is 3.39. The SMILES string of the molecule is Nc1cccc(C=C2c3ccc(F)cc3CCc3cc(F)ccc32)c1. The van der Waals surface area contributed by atoms with Gasteiger partial charge in [-0.1, -0.05) is 24.3 Å². The fourth-order valence-corrected chi connectivity index (χ4v) is 3.45. The van der Waals surface area contributed by atoms with E-state index in [1.54, 1.807) is 24.3 Å². The average molecular weight is 333 g/mol. The second kappa shape index (κ2) is 6.17. The van der Waals surface area contributed by atoms with Gasteiger partial charge in [0.15, 0.2) is 0 Å². The first-order valence-corrected chi connectivity index (χ1v) is 8.25. The summed E-state index contributed by atoms with van der Waals surface area (Å²) < 4.78 is 27.5. The standard InChI is InChI=1S/C22H17F2N/c23-17-6-8-20-15(12-17)4-5-16-13-18(24)7-9-21(16)22(20)11-14-2-1-3-19(25)10-14/h1-3,6-13H,4-5,25H2. The first-order chi connectivity index (χ1) is 12.1. The van der Waals surface area contributed by atoms with Gasteiger partial charge in [0.05, 0.1) is 0 Å². The number of nitrogen functional groups attached to an aromatic ring is 1. The molecule has 0 saturated carbocycles. The first kappa shape index (κ1) is 15.6. The monoisotopic (exact) mass is 333 g/mol. The van der Waals surface area contributed by atoms with Crippen LogP contribution in [0.2, 0.25) is 0 Å². The molecule has 0 bridgehead atoms. The molecule has 0 fully saturated rings. The van der Waals surface area contributed by atoms with Crippen LogP contribution in [-0.4, -0.2) is 0 Å². The van der Waals surface area contributed by atoms with Crippen molar-refractivity contribution in [2.45, 2.75) is 12.8 Å². The lowest BCUT2D eigenvalue weighted by atomic mass is 9.92. The molecular formula is C22H17F2N. The number of rotatable bonds is 1. The number of aryl methyl sites for hydroxylation is 2. The Morgan fingerprint density at radius 3 is 1.92 bits per heavy atom. The summed E-state index contributed by atoms with van der Waals surface area (Å²) >= 11 is 0. The molecule has 2 N–H and O–H groups in total. The van der Waals surface area contributed by atoms with E-state index in [1.807, 2.05) is 30.3 Å². The zero-order valence-electron chi connectivity index (χ0n) is 13.6. The lowest BCUT2D eigenvalue weighted by Crippen LogP contribution is -1.94. The molecule has 0 saturated heterocycles. The molecule has 4 rings (SSSR count). The van der Waals surface area contributed by atoms with Crippen molar-refractivity contribution >= 4 is 17.3 Å². The third-order valence-corrected chi connectivity index (χ3v) is 4.60. The molecule has 25 heavy (non-hydrogen) atoms. The molecule has 1 aliphatic rings. The Morgan fingerprint density at radius 1 is 0.760 bits per heavy atom. The molecule has 0 unspecified atom stereocenters. The highest BCUT2D eigenvalue weighted by Gasteiger charge is 2.19. The van der Waals surface area contributed by atoms with Crippen LogP contribution >= 0.6 is 0 Å². The molecule has 124 valence electrons. The van der Waals surface area contributed by atoms with Crippen LogP contribution in [0.5, 0.6) is 0 Å². The van der Waals surface area contributed by atoms with E-state index in [2.05, 4.69) is 0 Å². The number of hydrogen-bond acceptors (Lipinski definition) is 1. The molecule has 3 aromatic rings. The summed E-state index contributed by atoms with van der Waals surface area (Å²) in [5.74, 6) is -0.501. The molecule has 0 heterocycles. The van der Waals surface area contributed by atoms with Gasteiger partial charge in [0.25, 0.3) is 0 Å². The fraction of sp³-hybridized carbons (Fsp3) is 0.0909. The maximum atomic E-state index is 13.7. The summed E-state index contributed by atoms with van der Waals surface area (Å²) in [5, 5.41) is 0. The topological polar surface area (TPSA) is 26.0 Å². The van der Waals surface area contributed by atoms with Crippen LogP contribution in [-0.2, 0) is 12.8 Å². The van der Waals surface area contributed by atoms with Gasteiger partial charge in [0.2, 0.25) is 0 Å². The molecule has 0 atom stereocenters. The number of anilines is 1. The van der Waals surface area contributed by atoms with E-state index in [4.69, 9.17) is 5.73 Å². The average Bonchev–Trinajstić information content (AvgIpc) is 2.72. The van der Waals surface area contributed by atoms with E-state index in [1.165, 1.54) is 12.1 Å². The van der Waals surface area contributed by atoms with Crippen LogP contribution in [0.1, 0.15) is 27.8 Å². The van der Waals surface area contributed by atoms with Gasteiger partial charge in [0.1, 0.15) is 11.6 Å². The zero-order valence-corrected chi connectivity index (χ0v) is 13.6. The van der Waals surface area contributed by atoms with Crippen molar-refractivity contribution in [3.63, 3.8) is 0 Å². The fourth-order valence-electron chi connectivity index (χ4n) is 3.45.